The summed E-state index contributed by atoms with van der Waals surface area (Å²) in [6.07, 6.45) is 0. The number of anilines is 1. The van der Waals surface area contributed by atoms with Gasteiger partial charge in [0.25, 0.3) is 5.91 Å². The molecule has 0 aliphatic heterocycles. The molecule has 5 nitrogen and oxygen atoms in total. The second kappa shape index (κ2) is 7.26. The average molecular weight is 299 g/mol. The molecule has 1 amide bonds. The minimum absolute atomic E-state index is 0.0811. The van der Waals surface area contributed by atoms with E-state index in [0.29, 0.717) is 17.0 Å². The normalized spacial score (nSPS) is 9.91. The molecule has 0 aromatic heterocycles. The standard InChI is InChI=1S/C17H17NO4/c1-12-4-3-5-15(10-12)22-11-16(19)18-14-8-6-13(7-9-14)17(20)21-2/h3-10H,11H2,1-2H3,(H,18,19). The third-order valence-electron chi connectivity index (χ3n) is 2.95. The highest BCUT2D eigenvalue weighted by atomic mass is 16.5. The van der Waals surface area contributed by atoms with Gasteiger partial charge in [0.15, 0.2) is 6.61 Å². The van der Waals surface area contributed by atoms with E-state index >= 15 is 0 Å². The van der Waals surface area contributed by atoms with Crippen LogP contribution in [-0.4, -0.2) is 25.6 Å². The lowest BCUT2D eigenvalue weighted by Gasteiger charge is -2.08. The Bertz CT molecular complexity index is 665. The van der Waals surface area contributed by atoms with Gasteiger partial charge in [0.2, 0.25) is 0 Å². The van der Waals surface area contributed by atoms with Gasteiger partial charge in [0.05, 0.1) is 12.7 Å². The smallest absolute Gasteiger partial charge is 0.337 e. The summed E-state index contributed by atoms with van der Waals surface area (Å²) in [6.45, 7) is 1.87. The third-order valence-corrected chi connectivity index (χ3v) is 2.95. The Morgan fingerprint density at radius 2 is 1.82 bits per heavy atom. The predicted octanol–water partition coefficient (Wildman–Crippen LogP) is 2.80. The van der Waals surface area contributed by atoms with Crippen LogP contribution in [0.4, 0.5) is 5.69 Å². The van der Waals surface area contributed by atoms with Crippen molar-refractivity contribution in [2.24, 2.45) is 0 Å². The van der Waals surface area contributed by atoms with Crippen LogP contribution in [0.3, 0.4) is 0 Å². The maximum Gasteiger partial charge on any atom is 0.337 e. The van der Waals surface area contributed by atoms with Crippen molar-refractivity contribution in [3.8, 4) is 5.75 Å². The quantitative estimate of drug-likeness (QED) is 0.862. The molecule has 0 aliphatic carbocycles. The Labute approximate surface area is 128 Å². The first-order chi connectivity index (χ1) is 10.6. The number of nitrogens with one attached hydrogen (secondary N) is 1. The molecule has 0 aliphatic rings. The van der Waals surface area contributed by atoms with Crippen molar-refractivity contribution in [2.45, 2.75) is 6.92 Å². The van der Waals surface area contributed by atoms with Crippen molar-refractivity contribution >= 4 is 17.6 Å². The highest BCUT2D eigenvalue weighted by Gasteiger charge is 2.07. The number of ether oxygens (including phenoxy) is 2. The molecule has 2 aromatic carbocycles. The van der Waals surface area contributed by atoms with Crippen molar-refractivity contribution in [1.82, 2.24) is 0 Å². The van der Waals surface area contributed by atoms with Gasteiger partial charge >= 0.3 is 5.97 Å². The van der Waals surface area contributed by atoms with Crippen LogP contribution in [0.5, 0.6) is 5.75 Å². The number of hydrogen-bond acceptors (Lipinski definition) is 4. The number of benzene rings is 2. The summed E-state index contributed by atoms with van der Waals surface area (Å²) in [4.78, 5) is 23.1. The molecule has 2 rings (SSSR count). The van der Waals surface area contributed by atoms with Gasteiger partial charge in [0.1, 0.15) is 5.75 Å². The topological polar surface area (TPSA) is 64.6 Å². The van der Waals surface area contributed by atoms with Crippen molar-refractivity contribution < 1.29 is 19.1 Å². The fraction of sp³-hybridized carbons (Fsp3) is 0.176. The van der Waals surface area contributed by atoms with Crippen LogP contribution in [0.15, 0.2) is 48.5 Å². The molecular formula is C17H17NO4. The van der Waals surface area contributed by atoms with Crippen LogP contribution in [0.25, 0.3) is 0 Å². The lowest BCUT2D eigenvalue weighted by atomic mass is 10.2. The lowest BCUT2D eigenvalue weighted by Crippen LogP contribution is -2.20. The zero-order valence-electron chi connectivity index (χ0n) is 12.5. The van der Waals surface area contributed by atoms with Crippen LogP contribution in [-0.2, 0) is 9.53 Å². The molecule has 1 N–H and O–H groups in total. The summed E-state index contributed by atoms with van der Waals surface area (Å²) in [7, 11) is 1.32. The Morgan fingerprint density at radius 1 is 1.09 bits per heavy atom. The monoisotopic (exact) mass is 299 g/mol. The van der Waals surface area contributed by atoms with Gasteiger partial charge in [-0.2, -0.15) is 0 Å². The van der Waals surface area contributed by atoms with E-state index in [1.165, 1.54) is 7.11 Å². The molecule has 0 radical (unpaired) electrons. The Hall–Kier alpha value is -2.82. The molecule has 114 valence electrons. The van der Waals surface area contributed by atoms with E-state index in [-0.39, 0.29) is 12.5 Å². The fourth-order valence-electron chi connectivity index (χ4n) is 1.86. The molecule has 0 atom stereocenters. The first-order valence-electron chi connectivity index (χ1n) is 6.76. The van der Waals surface area contributed by atoms with E-state index in [1.54, 1.807) is 30.3 Å². The molecule has 0 spiro atoms. The Balaban J connectivity index is 1.88. The van der Waals surface area contributed by atoms with Gasteiger partial charge in [-0.25, -0.2) is 4.79 Å². The van der Waals surface area contributed by atoms with Gasteiger partial charge in [-0.1, -0.05) is 12.1 Å². The Kier molecular flexibility index (Phi) is 5.14. The number of rotatable bonds is 5. The summed E-state index contributed by atoms with van der Waals surface area (Å²) in [6, 6.07) is 13.9. The van der Waals surface area contributed by atoms with Crippen LogP contribution < -0.4 is 10.1 Å². The second-order valence-corrected chi connectivity index (χ2v) is 4.72. The van der Waals surface area contributed by atoms with E-state index in [1.807, 2.05) is 25.1 Å². The van der Waals surface area contributed by atoms with Crippen molar-refractivity contribution in [3.05, 3.63) is 59.7 Å². The number of carbonyl (C=O) groups excluding carboxylic acids is 2. The molecular weight excluding hydrogens is 282 g/mol. The van der Waals surface area contributed by atoms with Gasteiger partial charge in [0, 0.05) is 5.69 Å². The molecule has 0 heterocycles. The van der Waals surface area contributed by atoms with Gasteiger partial charge in [-0.05, 0) is 48.9 Å². The summed E-state index contributed by atoms with van der Waals surface area (Å²) in [5.74, 6) is -0.0378. The van der Waals surface area contributed by atoms with Gasteiger partial charge < -0.3 is 14.8 Å². The second-order valence-electron chi connectivity index (χ2n) is 4.72. The first-order valence-corrected chi connectivity index (χ1v) is 6.76. The van der Waals surface area contributed by atoms with Crippen LogP contribution in [0, 0.1) is 6.92 Å². The highest BCUT2D eigenvalue weighted by molar-refractivity contribution is 5.93. The molecule has 0 unspecified atom stereocenters. The molecule has 0 bridgehead atoms. The van der Waals surface area contributed by atoms with Crippen LogP contribution in [0.1, 0.15) is 15.9 Å². The van der Waals surface area contributed by atoms with Crippen LogP contribution in [0.2, 0.25) is 0 Å². The van der Waals surface area contributed by atoms with E-state index < -0.39 is 5.97 Å². The minimum atomic E-state index is -0.416. The molecule has 5 heteroatoms. The number of methoxy groups -OCH3 is 1. The van der Waals surface area contributed by atoms with E-state index in [4.69, 9.17) is 4.74 Å². The van der Waals surface area contributed by atoms with E-state index in [2.05, 4.69) is 10.1 Å². The molecule has 2 aromatic rings. The zero-order valence-corrected chi connectivity index (χ0v) is 12.5. The first kappa shape index (κ1) is 15.6. The average Bonchev–Trinajstić information content (AvgIpc) is 2.53. The molecule has 0 saturated carbocycles. The maximum atomic E-state index is 11.8. The van der Waals surface area contributed by atoms with Crippen molar-refractivity contribution in [1.29, 1.82) is 0 Å². The number of aryl methyl sites for hydroxylation is 1. The van der Waals surface area contributed by atoms with E-state index in [9.17, 15) is 9.59 Å². The van der Waals surface area contributed by atoms with E-state index in [0.717, 1.165) is 5.56 Å². The zero-order chi connectivity index (χ0) is 15.9. The van der Waals surface area contributed by atoms with Crippen molar-refractivity contribution in [2.75, 3.05) is 19.0 Å². The largest absolute Gasteiger partial charge is 0.484 e. The summed E-state index contributed by atoms with van der Waals surface area (Å²) in [5.41, 5.74) is 2.08. The Morgan fingerprint density at radius 3 is 2.45 bits per heavy atom. The maximum absolute atomic E-state index is 11.8. The summed E-state index contributed by atoms with van der Waals surface area (Å²) < 4.78 is 10.0. The van der Waals surface area contributed by atoms with Gasteiger partial charge in [-0.15, -0.1) is 0 Å². The molecule has 0 saturated heterocycles. The molecule has 22 heavy (non-hydrogen) atoms. The predicted molar refractivity (Wildman–Crippen MR) is 83.1 cm³/mol. The third kappa shape index (κ3) is 4.34. The highest BCUT2D eigenvalue weighted by Crippen LogP contribution is 2.13. The lowest BCUT2D eigenvalue weighted by molar-refractivity contribution is -0.118. The SMILES string of the molecule is COC(=O)c1ccc(NC(=O)COc2cccc(C)c2)cc1. The molecule has 0 fully saturated rings. The summed E-state index contributed by atoms with van der Waals surface area (Å²) in [5, 5.41) is 2.69. The van der Waals surface area contributed by atoms with Gasteiger partial charge in [-0.3, -0.25) is 4.79 Å². The number of carbonyl (C=O) groups is 2. The number of esters is 1. The van der Waals surface area contributed by atoms with Crippen molar-refractivity contribution in [3.63, 3.8) is 0 Å². The number of hydrogen-bond donors (Lipinski definition) is 1. The minimum Gasteiger partial charge on any atom is -0.484 e. The number of amides is 1. The summed E-state index contributed by atoms with van der Waals surface area (Å²) >= 11 is 0. The van der Waals surface area contributed by atoms with Crippen LogP contribution >= 0.6 is 0 Å². The fourth-order valence-corrected chi connectivity index (χ4v) is 1.86.